The lowest BCUT2D eigenvalue weighted by Crippen LogP contribution is -2.17. The van der Waals surface area contributed by atoms with Crippen molar-refractivity contribution in [1.29, 1.82) is 0 Å². The number of nitrogens with one attached hydrogen (secondary N) is 1. The summed E-state index contributed by atoms with van der Waals surface area (Å²) in [6.07, 6.45) is 1.60. The van der Waals surface area contributed by atoms with Crippen molar-refractivity contribution in [1.82, 2.24) is 5.43 Å². The lowest BCUT2D eigenvalue weighted by atomic mass is 10.1. The largest absolute Gasteiger partial charge is 0.488 e. The van der Waals surface area contributed by atoms with E-state index in [-0.39, 0.29) is 5.91 Å². The van der Waals surface area contributed by atoms with E-state index >= 15 is 0 Å². The number of hydrazone groups is 1. The van der Waals surface area contributed by atoms with Crippen molar-refractivity contribution in [2.24, 2.45) is 5.10 Å². The Bertz CT molecular complexity index is 1190. The average Bonchev–Trinajstić information content (AvgIpc) is 2.88. The van der Waals surface area contributed by atoms with Gasteiger partial charge < -0.3 is 4.74 Å². The van der Waals surface area contributed by atoms with Gasteiger partial charge in [-0.2, -0.15) is 5.10 Å². The van der Waals surface area contributed by atoms with E-state index in [1.54, 1.807) is 18.0 Å². The van der Waals surface area contributed by atoms with Gasteiger partial charge in [0.25, 0.3) is 5.91 Å². The van der Waals surface area contributed by atoms with Crippen LogP contribution in [0.4, 0.5) is 0 Å². The first-order valence-electron chi connectivity index (χ1n) is 10.6. The highest BCUT2D eigenvalue weighted by Crippen LogP contribution is 2.22. The molecule has 0 aromatic heterocycles. The molecule has 1 amide bonds. The smallest absolute Gasteiger partial charge is 0.271 e. The first kappa shape index (κ1) is 22.4. The van der Waals surface area contributed by atoms with E-state index in [2.05, 4.69) is 22.7 Å². The normalized spacial score (nSPS) is 10.8. The highest BCUT2D eigenvalue weighted by molar-refractivity contribution is 7.98. The second kappa shape index (κ2) is 11.7. The molecule has 1 N–H and O–H groups in total. The van der Waals surface area contributed by atoms with Crippen LogP contribution >= 0.6 is 11.8 Å². The summed E-state index contributed by atoms with van der Waals surface area (Å²) in [5.41, 5.74) is 6.20. The van der Waals surface area contributed by atoms with Gasteiger partial charge >= 0.3 is 0 Å². The number of hydrogen-bond acceptors (Lipinski definition) is 4. The summed E-state index contributed by atoms with van der Waals surface area (Å²) in [4.78, 5) is 13.7. The topological polar surface area (TPSA) is 50.7 Å². The molecule has 164 valence electrons. The second-order valence-corrected chi connectivity index (χ2v) is 8.36. The highest BCUT2D eigenvalue weighted by Gasteiger charge is 2.05. The van der Waals surface area contributed by atoms with Crippen LogP contribution in [0.1, 0.15) is 27.0 Å². The maximum atomic E-state index is 12.5. The van der Waals surface area contributed by atoms with Gasteiger partial charge in [-0.3, -0.25) is 4.79 Å². The molecule has 4 rings (SSSR count). The second-order valence-electron chi connectivity index (χ2n) is 7.31. The van der Waals surface area contributed by atoms with E-state index in [1.807, 2.05) is 97.1 Å². The maximum absolute atomic E-state index is 12.5. The molecule has 4 nitrogen and oxygen atoms in total. The molecule has 0 unspecified atom stereocenters. The minimum absolute atomic E-state index is 0.254. The fraction of sp³-hybridized carbons (Fsp3) is 0.0714. The molecule has 0 aliphatic rings. The van der Waals surface area contributed by atoms with Gasteiger partial charge in [-0.15, -0.1) is 11.8 Å². The molecule has 0 radical (unpaired) electrons. The van der Waals surface area contributed by atoms with Crippen LogP contribution in [0.15, 0.2) is 119 Å². The molecule has 0 aliphatic carbocycles. The number of carbonyl (C=O) groups excluding carboxylic acids is 1. The van der Waals surface area contributed by atoms with Crippen molar-refractivity contribution in [3.05, 3.63) is 131 Å². The molecule has 0 saturated carbocycles. The van der Waals surface area contributed by atoms with Crippen molar-refractivity contribution in [3.8, 4) is 5.75 Å². The lowest BCUT2D eigenvalue weighted by molar-refractivity contribution is 0.0955. The number of thioether (sulfide) groups is 1. The molecule has 4 aromatic rings. The summed E-state index contributed by atoms with van der Waals surface area (Å²) < 4.78 is 5.93. The Labute approximate surface area is 198 Å². The first-order valence-corrected chi connectivity index (χ1v) is 11.6. The van der Waals surface area contributed by atoms with Gasteiger partial charge in [0.15, 0.2) is 0 Å². The predicted octanol–water partition coefficient (Wildman–Crippen LogP) is 6.32. The third-order valence-corrected chi connectivity index (χ3v) is 5.97. The van der Waals surface area contributed by atoms with Crippen LogP contribution in [0.2, 0.25) is 0 Å². The minimum atomic E-state index is -0.254. The summed E-state index contributed by atoms with van der Waals surface area (Å²) in [7, 11) is 0. The van der Waals surface area contributed by atoms with Crippen LogP contribution in [0.25, 0.3) is 0 Å². The third-order valence-electron chi connectivity index (χ3n) is 4.89. The summed E-state index contributed by atoms with van der Waals surface area (Å²) in [5, 5.41) is 4.12. The lowest BCUT2D eigenvalue weighted by Gasteiger charge is -2.09. The molecule has 0 bridgehead atoms. The van der Waals surface area contributed by atoms with Crippen molar-refractivity contribution in [2.75, 3.05) is 0 Å². The SMILES string of the molecule is O=C(N/N=C/c1ccccc1OCc1ccccc1)c1ccc(CSc2ccccc2)cc1. The number of carbonyl (C=O) groups is 1. The van der Waals surface area contributed by atoms with E-state index in [1.165, 1.54) is 4.90 Å². The molecule has 0 aliphatic heterocycles. The van der Waals surface area contributed by atoms with Crippen LogP contribution in [0.5, 0.6) is 5.75 Å². The monoisotopic (exact) mass is 452 g/mol. The number of rotatable bonds is 9. The van der Waals surface area contributed by atoms with Gasteiger partial charge in [0, 0.05) is 21.8 Å². The van der Waals surface area contributed by atoms with Gasteiger partial charge in [-0.25, -0.2) is 5.43 Å². The fourth-order valence-corrected chi connectivity index (χ4v) is 3.99. The van der Waals surface area contributed by atoms with Gasteiger partial charge in [-0.1, -0.05) is 72.8 Å². The Kier molecular flexibility index (Phi) is 7.93. The third kappa shape index (κ3) is 6.82. The number of ether oxygens (including phenoxy) is 1. The molecule has 0 saturated heterocycles. The van der Waals surface area contributed by atoms with Crippen LogP contribution in [-0.4, -0.2) is 12.1 Å². The van der Waals surface area contributed by atoms with Crippen LogP contribution in [0.3, 0.4) is 0 Å². The zero-order valence-electron chi connectivity index (χ0n) is 18.1. The standard InChI is InChI=1S/C28H24N2O2S/c31-28(24-17-15-23(16-18-24)21-33-26-12-5-2-6-13-26)30-29-19-25-11-7-8-14-27(25)32-20-22-9-3-1-4-10-22/h1-19H,20-21H2,(H,30,31)/b29-19+. The van der Waals surface area contributed by atoms with E-state index < -0.39 is 0 Å². The molecule has 0 atom stereocenters. The van der Waals surface area contributed by atoms with Gasteiger partial charge in [0.1, 0.15) is 12.4 Å². The Morgan fingerprint density at radius 2 is 1.45 bits per heavy atom. The minimum Gasteiger partial charge on any atom is -0.488 e. The molecule has 5 heteroatoms. The summed E-state index contributed by atoms with van der Waals surface area (Å²) in [6.45, 7) is 0.465. The summed E-state index contributed by atoms with van der Waals surface area (Å²) >= 11 is 1.77. The maximum Gasteiger partial charge on any atom is 0.271 e. The zero-order valence-corrected chi connectivity index (χ0v) is 18.9. The fourth-order valence-electron chi connectivity index (χ4n) is 3.11. The Morgan fingerprint density at radius 1 is 0.788 bits per heavy atom. The Hall–Kier alpha value is -3.83. The Balaban J connectivity index is 1.31. The number of nitrogens with zero attached hydrogens (tertiary/aromatic N) is 1. The molecule has 4 aromatic carbocycles. The molecule has 0 heterocycles. The van der Waals surface area contributed by atoms with Crippen molar-refractivity contribution < 1.29 is 9.53 Å². The van der Waals surface area contributed by atoms with E-state index in [0.717, 1.165) is 22.4 Å². The van der Waals surface area contributed by atoms with Crippen LogP contribution < -0.4 is 10.2 Å². The zero-order chi connectivity index (χ0) is 22.7. The van der Waals surface area contributed by atoms with Crippen molar-refractivity contribution in [2.45, 2.75) is 17.3 Å². The van der Waals surface area contributed by atoms with E-state index in [0.29, 0.717) is 17.9 Å². The predicted molar refractivity (Wildman–Crippen MR) is 135 cm³/mol. The quantitative estimate of drug-likeness (QED) is 0.184. The average molecular weight is 453 g/mol. The molecular formula is C28H24N2O2S. The van der Waals surface area contributed by atoms with Crippen molar-refractivity contribution >= 4 is 23.9 Å². The van der Waals surface area contributed by atoms with E-state index in [9.17, 15) is 4.79 Å². The molecule has 33 heavy (non-hydrogen) atoms. The van der Waals surface area contributed by atoms with Gasteiger partial charge in [0.2, 0.25) is 0 Å². The molecule has 0 fully saturated rings. The summed E-state index contributed by atoms with van der Waals surface area (Å²) in [5.74, 6) is 1.31. The van der Waals surface area contributed by atoms with Crippen LogP contribution in [0, 0.1) is 0 Å². The molecular weight excluding hydrogens is 428 g/mol. The van der Waals surface area contributed by atoms with Crippen LogP contribution in [-0.2, 0) is 12.4 Å². The Morgan fingerprint density at radius 3 is 2.21 bits per heavy atom. The number of para-hydroxylation sites is 1. The van der Waals surface area contributed by atoms with Crippen molar-refractivity contribution in [3.63, 3.8) is 0 Å². The van der Waals surface area contributed by atoms with Gasteiger partial charge in [0.05, 0.1) is 6.21 Å². The molecule has 0 spiro atoms. The number of hydrogen-bond donors (Lipinski definition) is 1. The number of amides is 1. The van der Waals surface area contributed by atoms with E-state index in [4.69, 9.17) is 4.74 Å². The number of benzene rings is 4. The highest BCUT2D eigenvalue weighted by atomic mass is 32.2. The first-order chi connectivity index (χ1) is 16.3. The van der Waals surface area contributed by atoms with Gasteiger partial charge in [-0.05, 0) is 47.5 Å². The summed E-state index contributed by atoms with van der Waals surface area (Å²) in [6, 6.07) is 35.4.